The highest BCUT2D eigenvalue weighted by molar-refractivity contribution is 6.32. The summed E-state index contributed by atoms with van der Waals surface area (Å²) in [6.45, 7) is 4.43. The summed E-state index contributed by atoms with van der Waals surface area (Å²) in [6.07, 6.45) is 0. The van der Waals surface area contributed by atoms with Crippen LogP contribution in [0.1, 0.15) is 29.9 Å². The standard InChI is InChI=1S/C20H17ClFN3O/c1-12(2)24-11-15-18(20(24)26)23-25(17-6-4-3-5-16(17)21)19(15)13-7-9-14(22)10-8-13/h3-10,12H,11H2,1-2H3. The third-order valence-electron chi connectivity index (χ3n) is 4.60. The molecule has 1 aromatic heterocycles. The first-order valence-electron chi connectivity index (χ1n) is 8.41. The van der Waals surface area contributed by atoms with Crippen molar-refractivity contribution in [3.63, 3.8) is 0 Å². The first kappa shape index (κ1) is 16.8. The van der Waals surface area contributed by atoms with E-state index in [2.05, 4.69) is 5.10 Å². The maximum absolute atomic E-state index is 13.4. The average Bonchev–Trinajstić information content (AvgIpc) is 3.13. The molecule has 4 nitrogen and oxygen atoms in total. The van der Waals surface area contributed by atoms with Gasteiger partial charge >= 0.3 is 0 Å². The van der Waals surface area contributed by atoms with E-state index in [0.29, 0.717) is 22.9 Å². The van der Waals surface area contributed by atoms with Crippen molar-refractivity contribution >= 4 is 17.5 Å². The summed E-state index contributed by atoms with van der Waals surface area (Å²) in [5.41, 5.74) is 3.52. The largest absolute Gasteiger partial charge is 0.330 e. The molecule has 1 aliphatic heterocycles. The summed E-state index contributed by atoms with van der Waals surface area (Å²) in [4.78, 5) is 14.5. The van der Waals surface area contributed by atoms with Gasteiger partial charge in [-0.05, 0) is 50.2 Å². The van der Waals surface area contributed by atoms with Gasteiger partial charge in [-0.2, -0.15) is 5.10 Å². The second-order valence-electron chi connectivity index (χ2n) is 6.57. The molecule has 0 fully saturated rings. The Hall–Kier alpha value is -2.66. The molecule has 0 saturated heterocycles. The predicted octanol–water partition coefficient (Wildman–Crippen LogP) is 4.70. The number of rotatable bonds is 3. The molecule has 0 aliphatic carbocycles. The van der Waals surface area contributed by atoms with Crippen LogP contribution in [0.3, 0.4) is 0 Å². The Labute approximate surface area is 155 Å². The molecule has 26 heavy (non-hydrogen) atoms. The van der Waals surface area contributed by atoms with Crippen LogP contribution in [-0.4, -0.2) is 26.6 Å². The molecule has 0 radical (unpaired) electrons. The van der Waals surface area contributed by atoms with Crippen molar-refractivity contribution in [3.8, 4) is 16.9 Å². The van der Waals surface area contributed by atoms with E-state index in [1.807, 2.05) is 32.0 Å². The van der Waals surface area contributed by atoms with Gasteiger partial charge in [-0.25, -0.2) is 9.07 Å². The van der Waals surface area contributed by atoms with E-state index in [4.69, 9.17) is 11.6 Å². The van der Waals surface area contributed by atoms with Gasteiger partial charge in [0.15, 0.2) is 5.69 Å². The Morgan fingerprint density at radius 3 is 2.46 bits per heavy atom. The van der Waals surface area contributed by atoms with E-state index in [-0.39, 0.29) is 17.8 Å². The number of amides is 1. The summed E-state index contributed by atoms with van der Waals surface area (Å²) >= 11 is 6.37. The number of hydrogen-bond donors (Lipinski definition) is 0. The molecule has 0 unspecified atom stereocenters. The molecule has 2 aromatic carbocycles. The van der Waals surface area contributed by atoms with Crippen LogP contribution >= 0.6 is 11.6 Å². The highest BCUT2D eigenvalue weighted by Crippen LogP contribution is 2.36. The molecule has 0 saturated carbocycles. The number of carbonyl (C=O) groups excluding carboxylic acids is 1. The molecule has 4 rings (SSSR count). The third kappa shape index (κ3) is 2.59. The Bertz CT molecular complexity index is 995. The van der Waals surface area contributed by atoms with Crippen molar-refractivity contribution in [1.82, 2.24) is 14.7 Å². The topological polar surface area (TPSA) is 38.1 Å². The van der Waals surface area contributed by atoms with Crippen molar-refractivity contribution in [1.29, 1.82) is 0 Å². The highest BCUT2D eigenvalue weighted by Gasteiger charge is 2.36. The zero-order valence-electron chi connectivity index (χ0n) is 14.4. The van der Waals surface area contributed by atoms with Crippen LogP contribution in [-0.2, 0) is 6.54 Å². The molecule has 6 heteroatoms. The van der Waals surface area contributed by atoms with Crippen molar-refractivity contribution in [2.24, 2.45) is 0 Å². The van der Waals surface area contributed by atoms with Gasteiger partial charge in [0, 0.05) is 17.2 Å². The second-order valence-corrected chi connectivity index (χ2v) is 6.98. The molecule has 0 bridgehead atoms. The Kier molecular flexibility index (Phi) is 4.04. The molecule has 2 heterocycles. The smallest absolute Gasteiger partial charge is 0.275 e. The SMILES string of the molecule is CC(C)N1Cc2c(nn(-c3ccccc3Cl)c2-c2ccc(F)cc2)C1=O. The summed E-state index contributed by atoms with van der Waals surface area (Å²) < 4.78 is 15.1. The lowest BCUT2D eigenvalue weighted by Gasteiger charge is -2.21. The lowest BCUT2D eigenvalue weighted by atomic mass is 10.1. The number of hydrogen-bond acceptors (Lipinski definition) is 2. The van der Waals surface area contributed by atoms with Crippen LogP contribution < -0.4 is 0 Å². The number of nitrogens with zero attached hydrogens (tertiary/aromatic N) is 3. The summed E-state index contributed by atoms with van der Waals surface area (Å²) in [5, 5.41) is 5.11. The molecule has 0 spiro atoms. The van der Waals surface area contributed by atoms with Crippen LogP contribution in [0.4, 0.5) is 4.39 Å². The monoisotopic (exact) mass is 369 g/mol. The van der Waals surface area contributed by atoms with Gasteiger partial charge in [-0.1, -0.05) is 23.7 Å². The van der Waals surface area contributed by atoms with E-state index < -0.39 is 0 Å². The number of aromatic nitrogens is 2. The molecule has 0 atom stereocenters. The highest BCUT2D eigenvalue weighted by atomic mass is 35.5. The van der Waals surface area contributed by atoms with Gasteiger partial charge < -0.3 is 4.90 Å². The summed E-state index contributed by atoms with van der Waals surface area (Å²) in [6, 6.07) is 13.6. The average molecular weight is 370 g/mol. The van der Waals surface area contributed by atoms with Gasteiger partial charge in [0.25, 0.3) is 5.91 Å². The maximum atomic E-state index is 13.4. The molecule has 0 N–H and O–H groups in total. The minimum absolute atomic E-state index is 0.0755. The Morgan fingerprint density at radius 1 is 1.12 bits per heavy atom. The lowest BCUT2D eigenvalue weighted by molar-refractivity contribution is 0.0724. The number of halogens is 2. The van der Waals surface area contributed by atoms with Gasteiger partial charge in [0.2, 0.25) is 0 Å². The summed E-state index contributed by atoms with van der Waals surface area (Å²) in [7, 11) is 0. The van der Waals surface area contributed by atoms with Crippen molar-refractivity contribution < 1.29 is 9.18 Å². The van der Waals surface area contributed by atoms with Gasteiger partial charge in [0.05, 0.1) is 22.9 Å². The molecular formula is C20H17ClFN3O. The Morgan fingerprint density at radius 2 is 1.81 bits per heavy atom. The number of para-hydroxylation sites is 1. The lowest BCUT2D eigenvalue weighted by Crippen LogP contribution is -2.31. The van der Waals surface area contributed by atoms with E-state index >= 15 is 0 Å². The molecule has 1 aliphatic rings. The van der Waals surface area contributed by atoms with Crippen LogP contribution in [0.15, 0.2) is 48.5 Å². The zero-order valence-corrected chi connectivity index (χ0v) is 15.2. The molecule has 1 amide bonds. The first-order valence-corrected chi connectivity index (χ1v) is 8.79. The fourth-order valence-electron chi connectivity index (χ4n) is 3.27. The number of fused-ring (bicyclic) bond motifs is 1. The minimum Gasteiger partial charge on any atom is -0.330 e. The number of carbonyl (C=O) groups is 1. The quantitative estimate of drug-likeness (QED) is 0.671. The third-order valence-corrected chi connectivity index (χ3v) is 4.92. The van der Waals surface area contributed by atoms with Crippen LogP contribution in [0.25, 0.3) is 16.9 Å². The van der Waals surface area contributed by atoms with Crippen LogP contribution in [0, 0.1) is 5.82 Å². The predicted molar refractivity (Wildman–Crippen MR) is 99.0 cm³/mol. The number of benzene rings is 2. The molecular weight excluding hydrogens is 353 g/mol. The minimum atomic E-state index is -0.311. The van der Waals surface area contributed by atoms with Gasteiger partial charge in [-0.15, -0.1) is 0 Å². The molecule has 132 valence electrons. The normalized spacial score (nSPS) is 13.6. The van der Waals surface area contributed by atoms with Crippen molar-refractivity contribution in [2.45, 2.75) is 26.4 Å². The maximum Gasteiger partial charge on any atom is 0.275 e. The van der Waals surface area contributed by atoms with Crippen molar-refractivity contribution in [2.75, 3.05) is 0 Å². The van der Waals surface area contributed by atoms with Gasteiger partial charge in [-0.3, -0.25) is 4.79 Å². The summed E-state index contributed by atoms with van der Waals surface area (Å²) in [5.74, 6) is -0.404. The Balaban J connectivity index is 1.96. The van der Waals surface area contributed by atoms with E-state index in [1.54, 1.807) is 27.8 Å². The molecule has 3 aromatic rings. The van der Waals surface area contributed by atoms with Crippen molar-refractivity contribution in [3.05, 3.63) is 70.6 Å². The van der Waals surface area contributed by atoms with E-state index in [0.717, 1.165) is 16.8 Å². The zero-order chi connectivity index (χ0) is 18.4. The fraction of sp³-hybridized carbons (Fsp3) is 0.200. The fourth-order valence-corrected chi connectivity index (χ4v) is 3.49. The van der Waals surface area contributed by atoms with Crippen LogP contribution in [0.2, 0.25) is 5.02 Å². The van der Waals surface area contributed by atoms with E-state index in [9.17, 15) is 9.18 Å². The van der Waals surface area contributed by atoms with Gasteiger partial charge in [0.1, 0.15) is 5.82 Å². The second kappa shape index (κ2) is 6.25. The first-order chi connectivity index (χ1) is 12.5. The van der Waals surface area contributed by atoms with Crippen LogP contribution in [0.5, 0.6) is 0 Å². The van der Waals surface area contributed by atoms with E-state index in [1.165, 1.54) is 12.1 Å².